The lowest BCUT2D eigenvalue weighted by atomic mass is 9.90. The van der Waals surface area contributed by atoms with E-state index in [0.717, 1.165) is 55.3 Å². The summed E-state index contributed by atoms with van der Waals surface area (Å²) in [6.45, 7) is 6.88. The summed E-state index contributed by atoms with van der Waals surface area (Å²) >= 11 is 0. The monoisotopic (exact) mass is 425 g/mol. The van der Waals surface area contributed by atoms with Crippen LogP contribution in [0.4, 0.5) is 10.3 Å². The Kier molecular flexibility index (Phi) is 6.83. The van der Waals surface area contributed by atoms with Gasteiger partial charge in [-0.15, -0.1) is 0 Å². The van der Waals surface area contributed by atoms with E-state index in [9.17, 15) is 9.18 Å². The second-order valence-electron chi connectivity index (χ2n) is 8.88. The van der Waals surface area contributed by atoms with E-state index < -0.39 is 0 Å². The minimum absolute atomic E-state index is 0.102. The highest BCUT2D eigenvalue weighted by molar-refractivity contribution is 5.55. The van der Waals surface area contributed by atoms with Gasteiger partial charge in [0, 0.05) is 37.5 Å². The maximum absolute atomic E-state index is 13.9. The maximum Gasteiger partial charge on any atom is 0.225 e. The first-order valence-corrected chi connectivity index (χ1v) is 11.5. The number of hydrogen-bond donors (Lipinski definition) is 0. The number of carbonyl (C=O) groups excluding carboxylic acids is 1. The predicted octanol–water partition coefficient (Wildman–Crippen LogP) is 4.55. The average Bonchev–Trinajstić information content (AvgIpc) is 3.55. The normalized spacial score (nSPS) is 21.2. The molecule has 0 bridgehead atoms. The van der Waals surface area contributed by atoms with Crippen LogP contribution in [0.25, 0.3) is 0 Å². The molecule has 5 nitrogen and oxygen atoms in total. The van der Waals surface area contributed by atoms with Gasteiger partial charge in [-0.3, -0.25) is 0 Å². The van der Waals surface area contributed by atoms with Crippen molar-refractivity contribution in [2.24, 2.45) is 17.8 Å². The number of aryl methyl sites for hydroxylation is 2. The van der Waals surface area contributed by atoms with Crippen LogP contribution in [0.15, 0.2) is 24.4 Å². The molecule has 1 saturated heterocycles. The van der Waals surface area contributed by atoms with Gasteiger partial charge in [0.25, 0.3) is 0 Å². The molecule has 2 heterocycles. The number of anilines is 1. The molecule has 2 atom stereocenters. The fourth-order valence-electron chi connectivity index (χ4n) is 4.89. The lowest BCUT2D eigenvalue weighted by molar-refractivity contribution is -0.107. The smallest absolute Gasteiger partial charge is 0.225 e. The van der Waals surface area contributed by atoms with Gasteiger partial charge in [0.15, 0.2) is 0 Å². The molecule has 166 valence electrons. The lowest BCUT2D eigenvalue weighted by Gasteiger charge is -2.32. The van der Waals surface area contributed by atoms with Crippen LogP contribution in [0, 0.1) is 30.5 Å². The average molecular weight is 426 g/mol. The molecule has 1 aliphatic carbocycles. The number of nitrogens with zero attached hydrogens (tertiary/aromatic N) is 3. The number of carbonyl (C=O) groups is 1. The Morgan fingerprint density at radius 3 is 2.74 bits per heavy atom. The Bertz CT molecular complexity index is 912. The van der Waals surface area contributed by atoms with Crippen molar-refractivity contribution < 1.29 is 13.9 Å². The van der Waals surface area contributed by atoms with Crippen LogP contribution in [0.2, 0.25) is 0 Å². The number of ether oxygens (including phenoxy) is 1. The van der Waals surface area contributed by atoms with E-state index in [1.165, 1.54) is 30.9 Å². The van der Waals surface area contributed by atoms with Crippen LogP contribution in [0.5, 0.6) is 5.75 Å². The van der Waals surface area contributed by atoms with Crippen molar-refractivity contribution in [1.82, 2.24) is 9.97 Å². The van der Waals surface area contributed by atoms with Crippen molar-refractivity contribution in [2.75, 3.05) is 24.6 Å². The fourth-order valence-corrected chi connectivity index (χ4v) is 4.89. The first kappa shape index (κ1) is 21.7. The number of aldehydes is 1. The molecule has 0 N–H and O–H groups in total. The number of halogens is 1. The zero-order valence-electron chi connectivity index (χ0n) is 18.5. The molecule has 2 aromatic rings. The SMILES string of the molecule is CCc1cnc(N2CCC(C3CC3CCOc3ccc(CC=O)c(F)c3)CC2)nc1C. The number of benzene rings is 1. The zero-order valence-corrected chi connectivity index (χ0v) is 18.5. The van der Waals surface area contributed by atoms with Crippen molar-refractivity contribution >= 4 is 12.2 Å². The highest BCUT2D eigenvalue weighted by Gasteiger charge is 2.43. The highest BCUT2D eigenvalue weighted by atomic mass is 19.1. The van der Waals surface area contributed by atoms with Gasteiger partial charge in [-0.05, 0) is 74.0 Å². The number of rotatable bonds is 9. The van der Waals surface area contributed by atoms with Crippen LogP contribution < -0.4 is 9.64 Å². The molecule has 1 saturated carbocycles. The lowest BCUT2D eigenvalue weighted by Crippen LogP contribution is -2.35. The zero-order chi connectivity index (χ0) is 21.8. The third kappa shape index (κ3) is 5.23. The van der Waals surface area contributed by atoms with E-state index in [1.807, 2.05) is 6.20 Å². The second-order valence-corrected chi connectivity index (χ2v) is 8.88. The molecular formula is C25H32FN3O2. The van der Waals surface area contributed by atoms with Gasteiger partial charge in [0.1, 0.15) is 17.9 Å². The van der Waals surface area contributed by atoms with Gasteiger partial charge in [-0.1, -0.05) is 13.0 Å². The molecular weight excluding hydrogens is 393 g/mol. The van der Waals surface area contributed by atoms with E-state index in [-0.39, 0.29) is 12.2 Å². The summed E-state index contributed by atoms with van der Waals surface area (Å²) in [5.74, 6) is 3.34. The minimum atomic E-state index is -0.371. The van der Waals surface area contributed by atoms with Crippen LogP contribution in [-0.4, -0.2) is 36.0 Å². The number of aromatic nitrogens is 2. The first-order valence-electron chi connectivity index (χ1n) is 11.5. The highest BCUT2D eigenvalue weighted by Crippen LogP contribution is 2.49. The van der Waals surface area contributed by atoms with Crippen molar-refractivity contribution in [2.45, 2.75) is 52.4 Å². The molecule has 4 rings (SSSR count). The molecule has 1 aromatic carbocycles. The number of hydrogen-bond acceptors (Lipinski definition) is 5. The summed E-state index contributed by atoms with van der Waals surface area (Å²) in [6, 6.07) is 4.77. The van der Waals surface area contributed by atoms with Crippen molar-refractivity contribution in [3.05, 3.63) is 47.0 Å². The van der Waals surface area contributed by atoms with Gasteiger partial charge in [-0.2, -0.15) is 0 Å². The van der Waals surface area contributed by atoms with E-state index in [0.29, 0.717) is 24.2 Å². The topological polar surface area (TPSA) is 55.3 Å². The number of piperidine rings is 1. The van der Waals surface area contributed by atoms with Gasteiger partial charge in [0.2, 0.25) is 5.95 Å². The van der Waals surface area contributed by atoms with Crippen LogP contribution >= 0.6 is 0 Å². The Labute approximate surface area is 184 Å². The predicted molar refractivity (Wildman–Crippen MR) is 119 cm³/mol. The first-order chi connectivity index (χ1) is 15.1. The van der Waals surface area contributed by atoms with Gasteiger partial charge >= 0.3 is 0 Å². The molecule has 1 aliphatic heterocycles. The van der Waals surface area contributed by atoms with Gasteiger partial charge in [0.05, 0.1) is 6.61 Å². The summed E-state index contributed by atoms with van der Waals surface area (Å²) in [5.41, 5.74) is 2.73. The molecule has 6 heteroatoms. The van der Waals surface area contributed by atoms with Gasteiger partial charge in [-0.25, -0.2) is 14.4 Å². The third-order valence-electron chi connectivity index (χ3n) is 6.94. The summed E-state index contributed by atoms with van der Waals surface area (Å²) in [7, 11) is 0. The molecule has 31 heavy (non-hydrogen) atoms. The van der Waals surface area contributed by atoms with Crippen molar-refractivity contribution in [1.29, 1.82) is 0 Å². The Morgan fingerprint density at radius 1 is 1.26 bits per heavy atom. The molecule has 0 radical (unpaired) electrons. The van der Waals surface area contributed by atoms with E-state index >= 15 is 0 Å². The third-order valence-corrected chi connectivity index (χ3v) is 6.94. The van der Waals surface area contributed by atoms with Crippen LogP contribution in [-0.2, 0) is 17.6 Å². The summed E-state index contributed by atoms with van der Waals surface area (Å²) in [6.07, 6.45) is 8.46. The van der Waals surface area contributed by atoms with Crippen LogP contribution in [0.1, 0.15) is 49.4 Å². The summed E-state index contributed by atoms with van der Waals surface area (Å²) < 4.78 is 19.7. The van der Waals surface area contributed by atoms with E-state index in [1.54, 1.807) is 12.1 Å². The van der Waals surface area contributed by atoms with Crippen LogP contribution in [0.3, 0.4) is 0 Å². The fraction of sp³-hybridized carbons (Fsp3) is 0.560. The standard InChI is InChI=1S/C25H32FN3O2/c1-3-18-16-27-25(28-17(18)2)29-10-6-19(7-11-29)23-14-21(23)9-13-31-22-5-4-20(8-12-30)24(26)15-22/h4-5,12,15-16,19,21,23H,3,6-11,13-14H2,1-2H3. The van der Waals surface area contributed by atoms with Crippen molar-refractivity contribution in [3.63, 3.8) is 0 Å². The van der Waals surface area contributed by atoms with E-state index in [4.69, 9.17) is 9.72 Å². The molecule has 0 amide bonds. The quantitative estimate of drug-likeness (QED) is 0.552. The Morgan fingerprint density at radius 2 is 2.06 bits per heavy atom. The molecule has 1 aromatic heterocycles. The Hall–Kier alpha value is -2.50. The summed E-state index contributed by atoms with van der Waals surface area (Å²) in [4.78, 5) is 22.2. The molecule has 2 unspecified atom stereocenters. The molecule has 2 aliphatic rings. The summed E-state index contributed by atoms with van der Waals surface area (Å²) in [5, 5.41) is 0. The van der Waals surface area contributed by atoms with E-state index in [2.05, 4.69) is 23.7 Å². The maximum atomic E-state index is 13.9. The molecule has 0 spiro atoms. The van der Waals surface area contributed by atoms with Gasteiger partial charge < -0.3 is 14.4 Å². The second kappa shape index (κ2) is 9.75. The molecule has 2 fully saturated rings. The Balaban J connectivity index is 1.19. The minimum Gasteiger partial charge on any atom is -0.493 e. The largest absolute Gasteiger partial charge is 0.493 e. The van der Waals surface area contributed by atoms with Crippen molar-refractivity contribution in [3.8, 4) is 5.75 Å².